The molecule has 5 rings (SSSR count). The molecule has 0 aromatic heterocycles. The Morgan fingerprint density at radius 2 is 1.51 bits per heavy atom. The monoisotopic (exact) mass is 469 g/mol. The van der Waals surface area contributed by atoms with Crippen molar-refractivity contribution in [3.05, 3.63) is 95.1 Å². The summed E-state index contributed by atoms with van der Waals surface area (Å²) in [7, 11) is 0. The lowest BCUT2D eigenvalue weighted by atomic mass is 9.90. The highest BCUT2D eigenvalue weighted by Gasteiger charge is 2.60. The van der Waals surface area contributed by atoms with Crippen molar-refractivity contribution < 1.29 is 19.1 Å². The number of anilines is 1. The third-order valence-electron chi connectivity index (χ3n) is 6.60. The SMILES string of the molecule is CCOc1ccccc1[C@@H]1NN(C(=O)c2ccc(C)cc2)[C@H]2C(=O)N(c3ccc(C)cc3)C(=O)[C@H]12. The maximum atomic E-state index is 13.8. The maximum Gasteiger partial charge on any atom is 0.268 e. The minimum Gasteiger partial charge on any atom is -0.494 e. The number of benzene rings is 3. The minimum absolute atomic E-state index is 0.341. The molecule has 178 valence electrons. The van der Waals surface area contributed by atoms with Crippen LogP contribution in [0.1, 0.15) is 40.0 Å². The van der Waals surface area contributed by atoms with E-state index in [4.69, 9.17) is 4.74 Å². The average molecular weight is 470 g/mol. The smallest absolute Gasteiger partial charge is 0.268 e. The molecule has 0 saturated carbocycles. The number of nitrogens with one attached hydrogen (secondary N) is 1. The zero-order chi connectivity index (χ0) is 24.7. The van der Waals surface area contributed by atoms with Crippen LogP contribution in [0.4, 0.5) is 5.69 Å². The largest absolute Gasteiger partial charge is 0.494 e. The highest BCUT2D eigenvalue weighted by Crippen LogP contribution is 2.44. The van der Waals surface area contributed by atoms with E-state index in [1.807, 2.05) is 69.3 Å². The van der Waals surface area contributed by atoms with Crippen LogP contribution >= 0.6 is 0 Å². The second kappa shape index (κ2) is 9.00. The average Bonchev–Trinajstić information content (AvgIpc) is 3.37. The van der Waals surface area contributed by atoms with Crippen LogP contribution in [0.3, 0.4) is 0 Å². The topological polar surface area (TPSA) is 79.0 Å². The number of carbonyl (C=O) groups is 3. The van der Waals surface area contributed by atoms with Crippen LogP contribution in [0.15, 0.2) is 72.8 Å². The van der Waals surface area contributed by atoms with Gasteiger partial charge in [0, 0.05) is 11.1 Å². The van der Waals surface area contributed by atoms with Gasteiger partial charge in [-0.3, -0.25) is 19.4 Å². The van der Waals surface area contributed by atoms with Crippen molar-refractivity contribution in [2.75, 3.05) is 11.5 Å². The predicted octanol–water partition coefficient (Wildman–Crippen LogP) is 3.96. The Labute approximate surface area is 204 Å². The van der Waals surface area contributed by atoms with Gasteiger partial charge >= 0.3 is 0 Å². The Balaban J connectivity index is 1.59. The lowest BCUT2D eigenvalue weighted by Gasteiger charge is -2.26. The standard InChI is InChI=1S/C28H27N3O4/c1-4-35-22-8-6-5-7-21(22)24-23-25(31(29-24)26(32)19-13-9-17(2)10-14-19)28(34)30(27(23)33)20-15-11-18(3)12-16-20/h5-16,23-25,29H,4H2,1-3H3/t23-,24+,25-/m1/s1. The lowest BCUT2D eigenvalue weighted by molar-refractivity contribution is -0.123. The van der Waals surface area contributed by atoms with Gasteiger partial charge in [-0.25, -0.2) is 10.3 Å². The molecule has 2 aliphatic heterocycles. The molecule has 2 fully saturated rings. The second-order valence-corrected chi connectivity index (χ2v) is 8.94. The Morgan fingerprint density at radius 1 is 0.886 bits per heavy atom. The van der Waals surface area contributed by atoms with E-state index in [2.05, 4.69) is 5.43 Å². The van der Waals surface area contributed by atoms with Crippen LogP contribution in [0.5, 0.6) is 5.75 Å². The molecule has 3 atom stereocenters. The van der Waals surface area contributed by atoms with Gasteiger partial charge in [-0.05, 0) is 51.1 Å². The zero-order valence-electron chi connectivity index (χ0n) is 19.9. The molecule has 0 aliphatic carbocycles. The van der Waals surface area contributed by atoms with E-state index in [0.29, 0.717) is 23.6 Å². The third-order valence-corrected chi connectivity index (χ3v) is 6.60. The minimum atomic E-state index is -0.975. The lowest BCUT2D eigenvalue weighted by Crippen LogP contribution is -2.48. The van der Waals surface area contributed by atoms with Crippen molar-refractivity contribution in [3.63, 3.8) is 0 Å². The summed E-state index contributed by atoms with van der Waals surface area (Å²) in [5.41, 5.74) is 6.92. The third kappa shape index (κ3) is 3.88. The van der Waals surface area contributed by atoms with E-state index in [9.17, 15) is 14.4 Å². The number of nitrogens with zero attached hydrogens (tertiary/aromatic N) is 2. The van der Waals surface area contributed by atoms with Gasteiger partial charge in [0.1, 0.15) is 11.8 Å². The quantitative estimate of drug-likeness (QED) is 0.573. The summed E-state index contributed by atoms with van der Waals surface area (Å²) in [5, 5.41) is 1.33. The predicted molar refractivity (Wildman–Crippen MR) is 132 cm³/mol. The number of hydrogen-bond donors (Lipinski definition) is 1. The summed E-state index contributed by atoms with van der Waals surface area (Å²) in [6, 6.07) is 20.2. The fraction of sp³-hybridized carbons (Fsp3) is 0.250. The molecule has 3 aromatic carbocycles. The highest BCUT2D eigenvalue weighted by atomic mass is 16.5. The molecule has 0 bridgehead atoms. The Hall–Kier alpha value is -3.97. The first-order chi connectivity index (χ1) is 16.9. The van der Waals surface area contributed by atoms with E-state index >= 15 is 0 Å². The second-order valence-electron chi connectivity index (χ2n) is 8.94. The van der Waals surface area contributed by atoms with Crippen molar-refractivity contribution in [3.8, 4) is 5.75 Å². The van der Waals surface area contributed by atoms with Gasteiger partial charge in [-0.15, -0.1) is 0 Å². The number of fused-ring (bicyclic) bond motifs is 1. The van der Waals surface area contributed by atoms with Crippen molar-refractivity contribution >= 4 is 23.4 Å². The van der Waals surface area contributed by atoms with E-state index in [-0.39, 0.29) is 11.8 Å². The number of ether oxygens (including phenoxy) is 1. The van der Waals surface area contributed by atoms with Gasteiger partial charge in [-0.2, -0.15) is 0 Å². The molecule has 7 heteroatoms. The van der Waals surface area contributed by atoms with Gasteiger partial charge in [-0.1, -0.05) is 53.6 Å². The molecule has 35 heavy (non-hydrogen) atoms. The van der Waals surface area contributed by atoms with Crippen LogP contribution in [0.25, 0.3) is 0 Å². The van der Waals surface area contributed by atoms with Crippen LogP contribution in [0.2, 0.25) is 0 Å². The van der Waals surface area contributed by atoms with Crippen LogP contribution in [0, 0.1) is 19.8 Å². The molecule has 3 amide bonds. The van der Waals surface area contributed by atoms with Gasteiger partial charge in [0.25, 0.3) is 11.8 Å². The van der Waals surface area contributed by atoms with Crippen LogP contribution in [-0.4, -0.2) is 35.4 Å². The number of hydrogen-bond acceptors (Lipinski definition) is 5. The number of hydrazine groups is 1. The number of amides is 3. The van der Waals surface area contributed by atoms with Gasteiger partial charge in [0.05, 0.1) is 24.3 Å². The number of carbonyl (C=O) groups excluding carboxylic acids is 3. The fourth-order valence-corrected chi connectivity index (χ4v) is 4.84. The number of imide groups is 1. The molecule has 7 nitrogen and oxygen atoms in total. The molecule has 0 unspecified atom stereocenters. The van der Waals surface area contributed by atoms with Gasteiger partial charge in [0.2, 0.25) is 5.91 Å². The Morgan fingerprint density at radius 3 is 2.17 bits per heavy atom. The summed E-state index contributed by atoms with van der Waals surface area (Å²) in [5.74, 6) is -1.30. The molecular weight excluding hydrogens is 442 g/mol. The molecule has 1 N–H and O–H groups in total. The Kier molecular flexibility index (Phi) is 5.86. The van der Waals surface area contributed by atoms with Crippen molar-refractivity contribution in [1.29, 1.82) is 0 Å². The Bertz CT molecular complexity index is 1290. The molecule has 2 aliphatic rings. The summed E-state index contributed by atoms with van der Waals surface area (Å²) < 4.78 is 5.82. The molecule has 0 radical (unpaired) electrons. The fourth-order valence-electron chi connectivity index (χ4n) is 4.84. The zero-order valence-corrected chi connectivity index (χ0v) is 19.9. The first-order valence-corrected chi connectivity index (χ1v) is 11.7. The number of aryl methyl sites for hydroxylation is 2. The number of rotatable bonds is 5. The molecular formula is C28H27N3O4. The van der Waals surface area contributed by atoms with E-state index in [0.717, 1.165) is 16.7 Å². The van der Waals surface area contributed by atoms with Crippen molar-refractivity contribution in [1.82, 2.24) is 10.4 Å². The van der Waals surface area contributed by atoms with Gasteiger partial charge < -0.3 is 4.74 Å². The molecule has 2 saturated heterocycles. The van der Waals surface area contributed by atoms with E-state index < -0.39 is 23.9 Å². The van der Waals surface area contributed by atoms with Crippen LogP contribution in [-0.2, 0) is 9.59 Å². The van der Waals surface area contributed by atoms with Crippen LogP contribution < -0.4 is 15.1 Å². The summed E-state index contributed by atoms with van der Waals surface area (Å²) in [4.78, 5) is 42.3. The maximum absolute atomic E-state index is 13.8. The molecule has 2 heterocycles. The molecule has 0 spiro atoms. The highest BCUT2D eigenvalue weighted by molar-refractivity contribution is 6.25. The van der Waals surface area contributed by atoms with Crippen molar-refractivity contribution in [2.24, 2.45) is 5.92 Å². The van der Waals surface area contributed by atoms with E-state index in [1.165, 1.54) is 9.91 Å². The first kappa shape index (κ1) is 22.8. The summed E-state index contributed by atoms with van der Waals surface area (Å²) >= 11 is 0. The van der Waals surface area contributed by atoms with Crippen molar-refractivity contribution in [2.45, 2.75) is 32.9 Å². The summed E-state index contributed by atoms with van der Waals surface area (Å²) in [6.45, 7) is 6.22. The molecule has 3 aromatic rings. The summed E-state index contributed by atoms with van der Waals surface area (Å²) in [6.07, 6.45) is 0. The normalized spacial score (nSPS) is 21.4. The van der Waals surface area contributed by atoms with Gasteiger partial charge in [0.15, 0.2) is 0 Å². The first-order valence-electron chi connectivity index (χ1n) is 11.7. The van der Waals surface area contributed by atoms with E-state index in [1.54, 1.807) is 24.3 Å². The number of para-hydroxylation sites is 1.